The fourth-order valence-corrected chi connectivity index (χ4v) is 4.60. The Morgan fingerprint density at radius 2 is 1.61 bits per heavy atom. The van der Waals surface area contributed by atoms with E-state index in [0.717, 1.165) is 47.9 Å². The zero-order valence-corrected chi connectivity index (χ0v) is 20.5. The third-order valence-electron chi connectivity index (χ3n) is 6.37. The average molecular weight is 451 g/mol. The van der Waals surface area contributed by atoms with Crippen LogP contribution in [0.2, 0.25) is 0 Å². The van der Waals surface area contributed by atoms with E-state index in [-0.39, 0.29) is 24.5 Å². The summed E-state index contributed by atoms with van der Waals surface area (Å²) >= 11 is 0. The Kier molecular flexibility index (Phi) is 8.93. The zero-order valence-electron chi connectivity index (χ0n) is 20.5. The Balaban J connectivity index is 1.76. The van der Waals surface area contributed by atoms with Gasteiger partial charge in [-0.15, -0.1) is 0 Å². The van der Waals surface area contributed by atoms with Crippen LogP contribution in [0.3, 0.4) is 0 Å². The van der Waals surface area contributed by atoms with E-state index < -0.39 is 6.04 Å². The molecule has 0 radical (unpaired) electrons. The van der Waals surface area contributed by atoms with Gasteiger partial charge in [-0.05, 0) is 68.9 Å². The summed E-state index contributed by atoms with van der Waals surface area (Å²) in [5, 5.41) is 3.22. The Hall–Kier alpha value is -2.82. The van der Waals surface area contributed by atoms with Gasteiger partial charge >= 0.3 is 0 Å². The lowest BCUT2D eigenvalue weighted by atomic mass is 9.95. The number of benzene rings is 2. The summed E-state index contributed by atoms with van der Waals surface area (Å²) in [5.74, 6) is 0.437. The van der Waals surface area contributed by atoms with Crippen molar-refractivity contribution in [2.24, 2.45) is 0 Å². The first-order chi connectivity index (χ1) is 15.9. The van der Waals surface area contributed by atoms with Crippen molar-refractivity contribution in [1.29, 1.82) is 0 Å². The SMILES string of the molecule is CC[C@H](C(=O)NC1CCCCC1)N(Cc1ccc(C)cc1)C(=O)COc1cc(C)cc(C)c1. The van der Waals surface area contributed by atoms with Crippen molar-refractivity contribution in [2.75, 3.05) is 6.61 Å². The standard InChI is InChI=1S/C28H38N2O3/c1-5-26(28(32)29-24-9-7-6-8-10-24)30(18-23-13-11-20(2)12-14-23)27(31)19-33-25-16-21(3)15-22(4)17-25/h11-17,24,26H,5-10,18-19H2,1-4H3,(H,29,32)/t26-/m1/s1. The first kappa shape index (κ1) is 24.8. The number of nitrogens with zero attached hydrogens (tertiary/aromatic N) is 1. The summed E-state index contributed by atoms with van der Waals surface area (Å²) < 4.78 is 5.87. The van der Waals surface area contributed by atoms with Gasteiger partial charge in [0.1, 0.15) is 11.8 Å². The molecule has 3 rings (SSSR count). The molecule has 178 valence electrons. The number of carbonyl (C=O) groups excluding carboxylic acids is 2. The van der Waals surface area contributed by atoms with E-state index in [1.165, 1.54) is 6.42 Å². The molecule has 33 heavy (non-hydrogen) atoms. The topological polar surface area (TPSA) is 58.6 Å². The minimum absolute atomic E-state index is 0.0590. The molecule has 0 spiro atoms. The van der Waals surface area contributed by atoms with E-state index in [9.17, 15) is 9.59 Å². The minimum atomic E-state index is -0.524. The van der Waals surface area contributed by atoms with E-state index in [1.807, 2.05) is 64.1 Å². The van der Waals surface area contributed by atoms with Gasteiger partial charge in [0, 0.05) is 12.6 Å². The molecule has 1 aliphatic rings. The number of nitrogens with one attached hydrogen (secondary N) is 1. The average Bonchev–Trinajstić information content (AvgIpc) is 2.78. The van der Waals surface area contributed by atoms with Gasteiger partial charge in [-0.2, -0.15) is 0 Å². The molecule has 0 bridgehead atoms. The van der Waals surface area contributed by atoms with Gasteiger partial charge in [0.05, 0.1) is 0 Å². The van der Waals surface area contributed by atoms with Crippen molar-refractivity contribution in [3.63, 3.8) is 0 Å². The number of hydrogen-bond acceptors (Lipinski definition) is 3. The molecule has 0 saturated heterocycles. The fourth-order valence-electron chi connectivity index (χ4n) is 4.60. The lowest BCUT2D eigenvalue weighted by Gasteiger charge is -2.32. The highest BCUT2D eigenvalue weighted by molar-refractivity contribution is 5.88. The van der Waals surface area contributed by atoms with E-state index in [2.05, 4.69) is 11.4 Å². The lowest BCUT2D eigenvalue weighted by molar-refractivity contribution is -0.143. The van der Waals surface area contributed by atoms with Gasteiger partial charge in [0.15, 0.2) is 6.61 Å². The predicted octanol–water partition coefficient (Wildman–Crippen LogP) is 5.25. The molecule has 2 aromatic carbocycles. The van der Waals surface area contributed by atoms with Crippen LogP contribution in [0.1, 0.15) is 67.7 Å². The van der Waals surface area contributed by atoms with E-state index in [0.29, 0.717) is 18.7 Å². The predicted molar refractivity (Wildman–Crippen MR) is 132 cm³/mol. The summed E-state index contributed by atoms with van der Waals surface area (Å²) in [6, 6.07) is 13.7. The van der Waals surface area contributed by atoms with Crippen molar-refractivity contribution in [1.82, 2.24) is 10.2 Å². The second-order valence-corrected chi connectivity index (χ2v) is 9.39. The number of aryl methyl sites for hydroxylation is 3. The first-order valence-electron chi connectivity index (χ1n) is 12.2. The maximum atomic E-state index is 13.4. The molecule has 0 heterocycles. The molecule has 5 heteroatoms. The number of carbonyl (C=O) groups is 2. The van der Waals surface area contributed by atoms with Gasteiger partial charge in [0.2, 0.25) is 5.91 Å². The van der Waals surface area contributed by atoms with Crippen LogP contribution >= 0.6 is 0 Å². The van der Waals surface area contributed by atoms with Crippen LogP contribution < -0.4 is 10.1 Å². The highest BCUT2D eigenvalue weighted by atomic mass is 16.5. The highest BCUT2D eigenvalue weighted by Crippen LogP contribution is 2.20. The summed E-state index contributed by atoms with van der Waals surface area (Å²) in [5.41, 5.74) is 4.35. The second kappa shape index (κ2) is 11.9. The van der Waals surface area contributed by atoms with Crippen molar-refractivity contribution < 1.29 is 14.3 Å². The third-order valence-corrected chi connectivity index (χ3v) is 6.37. The van der Waals surface area contributed by atoms with Crippen molar-refractivity contribution in [3.8, 4) is 5.75 Å². The number of rotatable bonds is 9. The molecule has 2 aromatic rings. The van der Waals surface area contributed by atoms with Crippen LogP contribution in [0, 0.1) is 20.8 Å². The summed E-state index contributed by atoms with van der Waals surface area (Å²) in [7, 11) is 0. The highest BCUT2D eigenvalue weighted by Gasteiger charge is 2.30. The number of hydrogen-bond donors (Lipinski definition) is 1. The molecule has 1 N–H and O–H groups in total. The summed E-state index contributed by atoms with van der Waals surface area (Å²) in [6.07, 6.45) is 6.12. The normalized spacial score (nSPS) is 15.0. The largest absolute Gasteiger partial charge is 0.484 e. The van der Waals surface area contributed by atoms with E-state index >= 15 is 0 Å². The quantitative estimate of drug-likeness (QED) is 0.568. The van der Waals surface area contributed by atoms with Gasteiger partial charge in [-0.3, -0.25) is 9.59 Å². The van der Waals surface area contributed by atoms with E-state index in [1.54, 1.807) is 4.90 Å². The molecule has 2 amide bonds. The van der Waals surface area contributed by atoms with Crippen molar-refractivity contribution in [3.05, 3.63) is 64.7 Å². The molecule has 1 aliphatic carbocycles. The van der Waals surface area contributed by atoms with Crippen LogP contribution in [-0.4, -0.2) is 35.4 Å². The van der Waals surface area contributed by atoms with Gasteiger partial charge in [0.25, 0.3) is 5.91 Å². The molecule has 0 aliphatic heterocycles. The maximum Gasteiger partial charge on any atom is 0.261 e. The molecule has 0 unspecified atom stereocenters. The number of amides is 2. The lowest BCUT2D eigenvalue weighted by Crippen LogP contribution is -2.52. The zero-order chi connectivity index (χ0) is 23.8. The smallest absolute Gasteiger partial charge is 0.261 e. The Morgan fingerprint density at radius 3 is 2.21 bits per heavy atom. The summed E-state index contributed by atoms with van der Waals surface area (Å²) in [4.78, 5) is 28.3. The van der Waals surface area contributed by atoms with Gasteiger partial charge in [-0.1, -0.05) is 62.1 Å². The monoisotopic (exact) mass is 450 g/mol. The van der Waals surface area contributed by atoms with Crippen LogP contribution in [0.5, 0.6) is 5.75 Å². The maximum absolute atomic E-state index is 13.4. The Labute approximate surface area is 198 Å². The van der Waals surface area contributed by atoms with Gasteiger partial charge in [-0.25, -0.2) is 0 Å². The molecule has 0 aromatic heterocycles. The minimum Gasteiger partial charge on any atom is -0.484 e. The van der Waals surface area contributed by atoms with Crippen molar-refractivity contribution >= 4 is 11.8 Å². The molecule has 5 nitrogen and oxygen atoms in total. The Morgan fingerprint density at radius 1 is 0.970 bits per heavy atom. The van der Waals surface area contributed by atoms with Crippen LogP contribution in [0.25, 0.3) is 0 Å². The molecular formula is C28H38N2O3. The van der Waals surface area contributed by atoms with E-state index in [4.69, 9.17) is 4.74 Å². The third kappa shape index (κ3) is 7.34. The van der Waals surface area contributed by atoms with Crippen LogP contribution in [0.15, 0.2) is 42.5 Å². The summed E-state index contributed by atoms with van der Waals surface area (Å²) in [6.45, 7) is 8.30. The van der Waals surface area contributed by atoms with Crippen molar-refractivity contribution in [2.45, 2.75) is 84.8 Å². The Bertz CT molecular complexity index is 912. The molecule has 1 fully saturated rings. The number of ether oxygens (including phenoxy) is 1. The van der Waals surface area contributed by atoms with Gasteiger partial charge < -0.3 is 15.0 Å². The fraction of sp³-hybridized carbons (Fsp3) is 0.500. The van der Waals surface area contributed by atoms with Crippen LogP contribution in [-0.2, 0) is 16.1 Å². The molecule has 1 saturated carbocycles. The second-order valence-electron chi connectivity index (χ2n) is 9.39. The van der Waals surface area contributed by atoms with Crippen LogP contribution in [0.4, 0.5) is 0 Å². The first-order valence-corrected chi connectivity index (χ1v) is 12.2. The molecular weight excluding hydrogens is 412 g/mol. The molecule has 1 atom stereocenters.